The van der Waals surface area contributed by atoms with Crippen LogP contribution >= 0.6 is 0 Å². The van der Waals surface area contributed by atoms with Crippen LogP contribution in [0.15, 0.2) is 24.3 Å². The van der Waals surface area contributed by atoms with Crippen molar-refractivity contribution in [3.05, 3.63) is 35.4 Å². The van der Waals surface area contributed by atoms with E-state index in [1.165, 1.54) is 15.5 Å². The maximum Gasteiger partial charge on any atom is 0.253 e. The third kappa shape index (κ3) is 6.08. The van der Waals surface area contributed by atoms with E-state index in [4.69, 9.17) is 0 Å². The molecule has 0 aliphatic carbocycles. The Balaban J connectivity index is 1.80. The Bertz CT molecular complexity index is 843. The van der Waals surface area contributed by atoms with Gasteiger partial charge in [-0.15, -0.1) is 0 Å². The first kappa shape index (κ1) is 20.9. The highest BCUT2D eigenvalue weighted by Gasteiger charge is 2.28. The van der Waals surface area contributed by atoms with Crippen LogP contribution in [0.25, 0.3) is 0 Å². The number of nitrogens with one attached hydrogen (secondary N) is 1. The van der Waals surface area contributed by atoms with E-state index in [1.54, 1.807) is 38.4 Å². The lowest BCUT2D eigenvalue weighted by Crippen LogP contribution is -2.42. The van der Waals surface area contributed by atoms with Crippen molar-refractivity contribution >= 4 is 21.8 Å². The van der Waals surface area contributed by atoms with Crippen LogP contribution in [-0.4, -0.2) is 69.4 Å². The van der Waals surface area contributed by atoms with Crippen LogP contribution in [0.3, 0.4) is 0 Å². The predicted octanol–water partition coefficient (Wildman–Crippen LogP) is 0.528. The number of amides is 2. The highest BCUT2D eigenvalue weighted by atomic mass is 32.2. The maximum atomic E-state index is 12.2. The van der Waals surface area contributed by atoms with Crippen molar-refractivity contribution in [2.75, 3.05) is 40.0 Å². The topological polar surface area (TPSA) is 86.8 Å². The fourth-order valence-electron chi connectivity index (χ4n) is 2.83. The largest absolute Gasteiger partial charge is 0.345 e. The van der Waals surface area contributed by atoms with E-state index >= 15 is 0 Å². The van der Waals surface area contributed by atoms with Crippen molar-refractivity contribution in [1.29, 1.82) is 0 Å². The molecule has 8 heteroatoms. The van der Waals surface area contributed by atoms with Gasteiger partial charge in [-0.25, -0.2) is 12.7 Å². The van der Waals surface area contributed by atoms with Crippen molar-refractivity contribution in [3.63, 3.8) is 0 Å². The molecule has 7 nitrogen and oxygen atoms in total. The van der Waals surface area contributed by atoms with Crippen LogP contribution in [0.2, 0.25) is 0 Å². The lowest BCUT2D eigenvalue weighted by Gasteiger charge is -2.29. The minimum atomic E-state index is -3.18. The van der Waals surface area contributed by atoms with Gasteiger partial charge in [0.05, 0.1) is 12.8 Å². The van der Waals surface area contributed by atoms with Gasteiger partial charge in [-0.1, -0.05) is 11.8 Å². The molecule has 1 aromatic carbocycles. The average molecular weight is 391 g/mol. The van der Waals surface area contributed by atoms with Crippen LogP contribution in [0, 0.1) is 17.8 Å². The van der Waals surface area contributed by atoms with Crippen LogP contribution in [-0.2, 0) is 14.8 Å². The molecule has 0 unspecified atom stereocenters. The summed E-state index contributed by atoms with van der Waals surface area (Å²) in [7, 11) is 0.212. The molecule has 1 aliphatic heterocycles. The number of benzene rings is 1. The van der Waals surface area contributed by atoms with Crippen LogP contribution in [0.5, 0.6) is 0 Å². The SMILES string of the molecule is CN(C)C(=O)c1ccc(C#CCNC(=O)C2CCN(S(C)(=O)=O)CC2)cc1. The Labute approximate surface area is 160 Å². The molecule has 1 aromatic rings. The fraction of sp³-hybridized carbons (Fsp3) is 0.474. The molecule has 1 saturated heterocycles. The van der Waals surface area contributed by atoms with E-state index in [2.05, 4.69) is 17.2 Å². The molecule has 1 heterocycles. The van der Waals surface area contributed by atoms with E-state index in [0.717, 1.165) is 5.56 Å². The Morgan fingerprint density at radius 3 is 2.30 bits per heavy atom. The van der Waals surface area contributed by atoms with Crippen molar-refractivity contribution in [2.24, 2.45) is 5.92 Å². The molecular formula is C19H25N3O4S. The molecule has 2 rings (SSSR count). The molecular weight excluding hydrogens is 366 g/mol. The lowest BCUT2D eigenvalue weighted by atomic mass is 9.97. The highest BCUT2D eigenvalue weighted by Crippen LogP contribution is 2.19. The number of carbonyl (C=O) groups excluding carboxylic acids is 2. The summed E-state index contributed by atoms with van der Waals surface area (Å²) in [5.74, 6) is 5.50. The Morgan fingerprint density at radius 2 is 1.78 bits per heavy atom. The molecule has 0 aromatic heterocycles. The van der Waals surface area contributed by atoms with Gasteiger partial charge in [-0.2, -0.15) is 0 Å². The van der Waals surface area contributed by atoms with E-state index in [-0.39, 0.29) is 24.3 Å². The Kier molecular flexibility index (Phi) is 6.99. The molecule has 1 aliphatic rings. The Morgan fingerprint density at radius 1 is 1.19 bits per heavy atom. The number of hydrogen-bond acceptors (Lipinski definition) is 4. The predicted molar refractivity (Wildman–Crippen MR) is 103 cm³/mol. The summed E-state index contributed by atoms with van der Waals surface area (Å²) in [5, 5.41) is 2.78. The summed E-state index contributed by atoms with van der Waals surface area (Å²) in [5.41, 5.74) is 1.36. The minimum absolute atomic E-state index is 0.0660. The number of piperidine rings is 1. The monoisotopic (exact) mass is 391 g/mol. The average Bonchev–Trinajstić information content (AvgIpc) is 2.64. The second-order valence-corrected chi connectivity index (χ2v) is 8.72. The first-order valence-corrected chi connectivity index (χ1v) is 10.6. The molecule has 0 bridgehead atoms. The first-order valence-electron chi connectivity index (χ1n) is 8.72. The Hall–Kier alpha value is -2.37. The normalized spacial score (nSPS) is 15.5. The number of hydrogen-bond donors (Lipinski definition) is 1. The molecule has 146 valence electrons. The van der Waals surface area contributed by atoms with Crippen LogP contribution in [0.1, 0.15) is 28.8 Å². The van der Waals surface area contributed by atoms with Gasteiger partial charge >= 0.3 is 0 Å². The smallest absolute Gasteiger partial charge is 0.253 e. The third-order valence-corrected chi connectivity index (χ3v) is 5.72. The van der Waals surface area contributed by atoms with Gasteiger partial charge in [-0.05, 0) is 37.1 Å². The van der Waals surface area contributed by atoms with Gasteiger partial charge < -0.3 is 10.2 Å². The van der Waals surface area contributed by atoms with Crippen molar-refractivity contribution in [2.45, 2.75) is 12.8 Å². The zero-order chi connectivity index (χ0) is 20.0. The highest BCUT2D eigenvalue weighted by molar-refractivity contribution is 7.88. The van der Waals surface area contributed by atoms with Gasteiger partial charge in [0.15, 0.2) is 0 Å². The van der Waals surface area contributed by atoms with Gasteiger partial charge in [0.2, 0.25) is 15.9 Å². The quantitative estimate of drug-likeness (QED) is 0.759. The standard InChI is InChI=1S/C19H25N3O4S/c1-21(2)19(24)17-8-6-15(7-9-17)5-4-12-20-18(23)16-10-13-22(14-11-16)27(3,25)26/h6-9,16H,10-14H2,1-3H3,(H,20,23). The number of carbonyl (C=O) groups is 2. The molecule has 0 saturated carbocycles. The van der Waals surface area contributed by atoms with Gasteiger partial charge in [-0.3, -0.25) is 9.59 Å². The van der Waals surface area contributed by atoms with Crippen molar-refractivity contribution < 1.29 is 18.0 Å². The van der Waals surface area contributed by atoms with Gasteiger partial charge in [0.25, 0.3) is 5.91 Å². The van der Waals surface area contributed by atoms with Gasteiger partial charge in [0, 0.05) is 44.2 Å². The number of nitrogens with zero attached hydrogens (tertiary/aromatic N) is 2. The molecule has 2 amide bonds. The molecule has 0 radical (unpaired) electrons. The van der Waals surface area contributed by atoms with Crippen molar-refractivity contribution in [1.82, 2.24) is 14.5 Å². The summed E-state index contributed by atoms with van der Waals surface area (Å²) >= 11 is 0. The van der Waals surface area contributed by atoms with E-state index < -0.39 is 10.0 Å². The summed E-state index contributed by atoms with van der Waals surface area (Å²) in [4.78, 5) is 25.5. The molecule has 0 spiro atoms. The molecule has 27 heavy (non-hydrogen) atoms. The zero-order valence-electron chi connectivity index (χ0n) is 15.9. The first-order chi connectivity index (χ1) is 12.7. The van der Waals surface area contributed by atoms with Crippen molar-refractivity contribution in [3.8, 4) is 11.8 Å². The third-order valence-electron chi connectivity index (χ3n) is 4.42. The van der Waals surface area contributed by atoms with Gasteiger partial charge in [0.1, 0.15) is 0 Å². The van der Waals surface area contributed by atoms with E-state index in [9.17, 15) is 18.0 Å². The number of rotatable bonds is 4. The summed E-state index contributed by atoms with van der Waals surface area (Å²) in [6.07, 6.45) is 2.23. The van der Waals surface area contributed by atoms with Crippen LogP contribution in [0.4, 0.5) is 0 Å². The summed E-state index contributed by atoms with van der Waals surface area (Å²) in [6, 6.07) is 6.99. The second-order valence-electron chi connectivity index (χ2n) is 6.73. The molecule has 1 N–H and O–H groups in total. The fourth-order valence-corrected chi connectivity index (χ4v) is 3.70. The van der Waals surface area contributed by atoms with Crippen LogP contribution < -0.4 is 5.32 Å². The zero-order valence-corrected chi connectivity index (χ0v) is 16.7. The lowest BCUT2D eigenvalue weighted by molar-refractivity contribution is -0.125. The van der Waals surface area contributed by atoms with E-state index in [0.29, 0.717) is 31.5 Å². The maximum absolute atomic E-state index is 12.2. The second kappa shape index (κ2) is 9.02. The van der Waals surface area contributed by atoms with E-state index in [1.807, 2.05) is 0 Å². The minimum Gasteiger partial charge on any atom is -0.345 e. The molecule has 1 fully saturated rings. The number of sulfonamides is 1. The summed E-state index contributed by atoms with van der Waals surface area (Å²) in [6.45, 7) is 0.977. The summed E-state index contributed by atoms with van der Waals surface area (Å²) < 4.78 is 24.4. The molecule has 0 atom stereocenters.